The second-order valence-electron chi connectivity index (χ2n) is 6.25. The van der Waals surface area contributed by atoms with E-state index in [1.165, 1.54) is 16.5 Å². The maximum Gasteiger partial charge on any atom is 0.0348 e. The van der Waals surface area contributed by atoms with Gasteiger partial charge < -0.3 is 0 Å². The van der Waals surface area contributed by atoms with Crippen molar-refractivity contribution < 1.29 is 0 Å². The highest BCUT2D eigenvalue weighted by atomic mass is 32.1. The predicted octanol–water partition coefficient (Wildman–Crippen LogP) is 4.86. The summed E-state index contributed by atoms with van der Waals surface area (Å²) in [6.07, 6.45) is 1.27. The van der Waals surface area contributed by atoms with E-state index in [1.54, 1.807) is 10.4 Å². The summed E-state index contributed by atoms with van der Waals surface area (Å²) in [4.78, 5) is 1.61. The normalized spacial score (nSPS) is 21.2. The second kappa shape index (κ2) is 2.89. The zero-order valence-corrected chi connectivity index (χ0v) is 11.2. The summed E-state index contributed by atoms with van der Waals surface area (Å²) >= 11 is 2.00. The third-order valence-electron chi connectivity index (χ3n) is 3.77. The van der Waals surface area contributed by atoms with Crippen LogP contribution >= 0.6 is 11.3 Å². The Morgan fingerprint density at radius 3 is 2.44 bits per heavy atom. The number of hydrogen-bond donors (Lipinski definition) is 0. The van der Waals surface area contributed by atoms with Crippen LogP contribution in [-0.4, -0.2) is 0 Å². The summed E-state index contributed by atoms with van der Waals surface area (Å²) in [5, 5.41) is 1.48. The van der Waals surface area contributed by atoms with Crippen LogP contribution in [0.1, 0.15) is 44.6 Å². The minimum atomic E-state index is 0.332. The molecule has 0 radical (unpaired) electrons. The molecule has 0 saturated heterocycles. The van der Waals surface area contributed by atoms with Crippen LogP contribution < -0.4 is 0 Å². The van der Waals surface area contributed by atoms with E-state index in [-0.39, 0.29) is 0 Å². The first-order valence-electron chi connectivity index (χ1n) is 5.94. The van der Waals surface area contributed by atoms with Crippen LogP contribution in [0.4, 0.5) is 0 Å². The molecule has 0 atom stereocenters. The van der Waals surface area contributed by atoms with Gasteiger partial charge in [0, 0.05) is 15.0 Å². The third-order valence-corrected chi connectivity index (χ3v) is 5.31. The van der Waals surface area contributed by atoms with Gasteiger partial charge >= 0.3 is 0 Å². The standard InChI is InChI=1S/C15H18S/c1-14(2)9-15(3,4)13-12(14)10-7-5-6-8-11(10)16-13/h5-8H,9H2,1-4H3. The number of thiophene rings is 1. The lowest BCUT2D eigenvalue weighted by Gasteiger charge is -2.23. The minimum Gasteiger partial charge on any atom is -0.139 e. The first kappa shape index (κ1) is 10.3. The summed E-state index contributed by atoms with van der Waals surface area (Å²) in [7, 11) is 0. The Labute approximate surface area is 101 Å². The van der Waals surface area contributed by atoms with Crippen molar-refractivity contribution in [1.82, 2.24) is 0 Å². The van der Waals surface area contributed by atoms with Gasteiger partial charge in [0.1, 0.15) is 0 Å². The Bertz CT molecular complexity index is 558. The molecule has 1 aromatic heterocycles. The van der Waals surface area contributed by atoms with Crippen molar-refractivity contribution in [1.29, 1.82) is 0 Å². The highest BCUT2D eigenvalue weighted by Gasteiger charge is 2.44. The van der Waals surface area contributed by atoms with Crippen LogP contribution in [0.2, 0.25) is 0 Å². The van der Waals surface area contributed by atoms with E-state index < -0.39 is 0 Å². The molecule has 0 amide bonds. The molecule has 0 aliphatic heterocycles. The van der Waals surface area contributed by atoms with Crippen LogP contribution in [0, 0.1) is 0 Å². The fourth-order valence-electron chi connectivity index (χ4n) is 3.47. The highest BCUT2D eigenvalue weighted by Crippen LogP contribution is 2.55. The third kappa shape index (κ3) is 1.21. The fourth-order valence-corrected chi connectivity index (χ4v) is 4.95. The van der Waals surface area contributed by atoms with Gasteiger partial charge in [0.15, 0.2) is 0 Å². The van der Waals surface area contributed by atoms with Gasteiger partial charge in [0.25, 0.3) is 0 Å². The largest absolute Gasteiger partial charge is 0.139 e. The van der Waals surface area contributed by atoms with Crippen molar-refractivity contribution in [2.75, 3.05) is 0 Å². The molecule has 0 saturated carbocycles. The molecule has 1 aliphatic carbocycles. The first-order chi connectivity index (χ1) is 7.42. The summed E-state index contributed by atoms with van der Waals surface area (Å²) in [5.41, 5.74) is 2.29. The average molecular weight is 230 g/mol. The molecule has 1 heteroatoms. The molecule has 84 valence electrons. The summed E-state index contributed by atoms with van der Waals surface area (Å²) < 4.78 is 1.45. The molecule has 1 aliphatic rings. The van der Waals surface area contributed by atoms with Crippen molar-refractivity contribution in [2.24, 2.45) is 0 Å². The van der Waals surface area contributed by atoms with Gasteiger partial charge in [-0.1, -0.05) is 45.9 Å². The van der Waals surface area contributed by atoms with Crippen molar-refractivity contribution in [3.63, 3.8) is 0 Å². The Balaban J connectivity index is 2.42. The summed E-state index contributed by atoms with van der Waals surface area (Å²) in [6.45, 7) is 9.55. The molecule has 16 heavy (non-hydrogen) atoms. The first-order valence-corrected chi connectivity index (χ1v) is 6.76. The molecule has 0 N–H and O–H groups in total. The summed E-state index contributed by atoms with van der Waals surface area (Å²) in [6, 6.07) is 8.85. The number of hydrogen-bond acceptors (Lipinski definition) is 1. The van der Waals surface area contributed by atoms with Crippen LogP contribution in [0.25, 0.3) is 10.1 Å². The van der Waals surface area contributed by atoms with Gasteiger partial charge in [-0.3, -0.25) is 0 Å². The van der Waals surface area contributed by atoms with E-state index >= 15 is 0 Å². The number of benzene rings is 1. The number of rotatable bonds is 0. The molecule has 0 unspecified atom stereocenters. The van der Waals surface area contributed by atoms with Gasteiger partial charge in [-0.2, -0.15) is 0 Å². The zero-order chi connectivity index (χ0) is 11.6. The topological polar surface area (TPSA) is 0 Å². The molecular formula is C15H18S. The van der Waals surface area contributed by atoms with E-state index in [2.05, 4.69) is 52.0 Å². The molecular weight excluding hydrogens is 212 g/mol. The van der Waals surface area contributed by atoms with Crippen molar-refractivity contribution in [2.45, 2.75) is 44.9 Å². The van der Waals surface area contributed by atoms with Crippen LogP contribution in [-0.2, 0) is 10.8 Å². The molecule has 0 spiro atoms. The van der Waals surface area contributed by atoms with Crippen molar-refractivity contribution in [3.05, 3.63) is 34.7 Å². The Morgan fingerprint density at radius 2 is 1.69 bits per heavy atom. The lowest BCUT2D eigenvalue weighted by molar-refractivity contribution is 0.406. The van der Waals surface area contributed by atoms with Gasteiger partial charge in [-0.05, 0) is 28.9 Å². The monoisotopic (exact) mass is 230 g/mol. The molecule has 0 bridgehead atoms. The van der Waals surface area contributed by atoms with Crippen LogP contribution in [0.15, 0.2) is 24.3 Å². The fraction of sp³-hybridized carbons (Fsp3) is 0.467. The lowest BCUT2D eigenvalue weighted by Crippen LogP contribution is -2.18. The van der Waals surface area contributed by atoms with Crippen LogP contribution in [0.3, 0.4) is 0 Å². The van der Waals surface area contributed by atoms with E-state index in [1.807, 2.05) is 11.3 Å². The zero-order valence-electron chi connectivity index (χ0n) is 10.4. The molecule has 1 aromatic carbocycles. The van der Waals surface area contributed by atoms with Gasteiger partial charge in [-0.15, -0.1) is 11.3 Å². The predicted molar refractivity (Wildman–Crippen MR) is 72.5 cm³/mol. The lowest BCUT2D eigenvalue weighted by atomic mass is 9.81. The van der Waals surface area contributed by atoms with Crippen molar-refractivity contribution >= 4 is 21.4 Å². The van der Waals surface area contributed by atoms with E-state index in [0.717, 1.165) is 0 Å². The molecule has 3 rings (SSSR count). The average Bonchev–Trinajstić information content (AvgIpc) is 2.62. The smallest absolute Gasteiger partial charge is 0.0348 e. The summed E-state index contributed by atoms with van der Waals surface area (Å²) in [5.74, 6) is 0. The van der Waals surface area contributed by atoms with Crippen molar-refractivity contribution in [3.8, 4) is 0 Å². The molecule has 2 aromatic rings. The van der Waals surface area contributed by atoms with E-state index in [0.29, 0.717) is 10.8 Å². The second-order valence-corrected chi connectivity index (χ2v) is 7.30. The maximum absolute atomic E-state index is 2.39. The van der Waals surface area contributed by atoms with E-state index in [4.69, 9.17) is 0 Å². The Kier molecular flexibility index (Phi) is 1.87. The highest BCUT2D eigenvalue weighted by molar-refractivity contribution is 7.19. The van der Waals surface area contributed by atoms with Gasteiger partial charge in [0.05, 0.1) is 0 Å². The van der Waals surface area contributed by atoms with Gasteiger partial charge in [0.2, 0.25) is 0 Å². The minimum absolute atomic E-state index is 0.332. The van der Waals surface area contributed by atoms with Gasteiger partial charge in [-0.25, -0.2) is 0 Å². The van der Waals surface area contributed by atoms with Crippen LogP contribution in [0.5, 0.6) is 0 Å². The molecule has 0 nitrogen and oxygen atoms in total. The van der Waals surface area contributed by atoms with E-state index in [9.17, 15) is 0 Å². The molecule has 1 heterocycles. The maximum atomic E-state index is 2.39. The Hall–Kier alpha value is -0.820. The number of fused-ring (bicyclic) bond motifs is 3. The quantitative estimate of drug-likeness (QED) is 0.606. The Morgan fingerprint density at radius 1 is 1.00 bits per heavy atom. The molecule has 0 fully saturated rings. The SMILES string of the molecule is CC1(C)CC(C)(C)c2c1sc1ccccc21.